The van der Waals surface area contributed by atoms with E-state index in [0.29, 0.717) is 5.78 Å². The van der Waals surface area contributed by atoms with E-state index >= 15 is 0 Å². The predicted octanol–water partition coefficient (Wildman–Crippen LogP) is 1.48. The molecule has 0 radical (unpaired) electrons. The van der Waals surface area contributed by atoms with Crippen LogP contribution in [0.4, 0.5) is 0 Å². The Hall–Kier alpha value is 0.0200. The molecule has 0 aliphatic carbocycles. The molecule has 0 spiro atoms. The van der Waals surface area contributed by atoms with Crippen molar-refractivity contribution >= 4 is 16.7 Å². The van der Waals surface area contributed by atoms with Gasteiger partial charge < -0.3 is 0 Å². The van der Waals surface area contributed by atoms with E-state index in [2.05, 4.69) is 12.5 Å². The van der Waals surface area contributed by atoms with Crippen molar-refractivity contribution < 1.29 is 4.79 Å². The van der Waals surface area contributed by atoms with E-state index in [1.165, 1.54) is 0 Å². The second-order valence-corrected chi connectivity index (χ2v) is 6.06. The topological polar surface area (TPSA) is 17.1 Å². The van der Waals surface area contributed by atoms with Crippen LogP contribution in [0.3, 0.4) is 0 Å². The zero-order valence-corrected chi connectivity index (χ0v) is 8.34. The molecule has 0 N–H and O–H groups in total. The van der Waals surface area contributed by atoms with Gasteiger partial charge in [-0.25, -0.2) is 0 Å². The number of carbonyl (C=O) groups excluding carboxylic acids is 1. The van der Waals surface area contributed by atoms with Gasteiger partial charge in [0, 0.05) is 5.41 Å². The quantitative estimate of drug-likeness (QED) is 0.561. The molecular formula is C8H17OS+. The Morgan fingerprint density at radius 1 is 1.30 bits per heavy atom. The van der Waals surface area contributed by atoms with E-state index in [9.17, 15) is 4.79 Å². The number of ketones is 1. The zero-order chi connectivity index (χ0) is 8.36. The highest BCUT2D eigenvalue weighted by Crippen LogP contribution is 2.15. The monoisotopic (exact) mass is 161 g/mol. The lowest BCUT2D eigenvalue weighted by Gasteiger charge is -2.14. The van der Waals surface area contributed by atoms with E-state index in [4.69, 9.17) is 0 Å². The Labute approximate surface area is 66.5 Å². The maximum absolute atomic E-state index is 11.3. The van der Waals surface area contributed by atoms with Crippen molar-refractivity contribution in [1.82, 2.24) is 0 Å². The molecule has 0 saturated heterocycles. The molecule has 0 atom stereocenters. The molecule has 10 heavy (non-hydrogen) atoms. The van der Waals surface area contributed by atoms with E-state index in [1.807, 2.05) is 20.8 Å². The molecule has 60 valence electrons. The van der Waals surface area contributed by atoms with Crippen molar-refractivity contribution in [3.8, 4) is 0 Å². The summed E-state index contributed by atoms with van der Waals surface area (Å²) in [5.41, 5.74) is -0.142. The van der Waals surface area contributed by atoms with Gasteiger partial charge in [-0.05, 0) is 10.9 Å². The molecule has 0 saturated carbocycles. The zero-order valence-electron chi connectivity index (χ0n) is 7.52. The highest BCUT2D eigenvalue weighted by Gasteiger charge is 2.25. The number of hydrogen-bond acceptors (Lipinski definition) is 1. The van der Waals surface area contributed by atoms with Crippen LogP contribution in [0.2, 0.25) is 0 Å². The highest BCUT2D eigenvalue weighted by atomic mass is 32.2. The summed E-state index contributed by atoms with van der Waals surface area (Å²) in [5.74, 6) is 1.12. The predicted molar refractivity (Wildman–Crippen MR) is 48.5 cm³/mol. The maximum Gasteiger partial charge on any atom is 0.187 e. The van der Waals surface area contributed by atoms with Gasteiger partial charge in [0.1, 0.15) is 0 Å². The van der Waals surface area contributed by atoms with Gasteiger partial charge in [0.05, 0.1) is 12.5 Å². The molecule has 1 nitrogen and oxygen atoms in total. The van der Waals surface area contributed by atoms with Crippen molar-refractivity contribution in [3.63, 3.8) is 0 Å². The number of carbonyl (C=O) groups is 1. The second-order valence-electron chi connectivity index (χ2n) is 3.80. The fraction of sp³-hybridized carbons (Fsp3) is 0.875. The summed E-state index contributed by atoms with van der Waals surface area (Å²) < 4.78 is 0. The average Bonchev–Trinajstić information content (AvgIpc) is 1.60. The van der Waals surface area contributed by atoms with Gasteiger partial charge in [-0.2, -0.15) is 0 Å². The summed E-state index contributed by atoms with van der Waals surface area (Å²) >= 11 is 0. The van der Waals surface area contributed by atoms with Crippen LogP contribution < -0.4 is 0 Å². The molecule has 0 aliphatic rings. The van der Waals surface area contributed by atoms with Crippen molar-refractivity contribution in [2.45, 2.75) is 20.8 Å². The third kappa shape index (κ3) is 3.94. The van der Waals surface area contributed by atoms with Crippen LogP contribution in [0, 0.1) is 5.41 Å². The largest absolute Gasteiger partial charge is 0.294 e. The van der Waals surface area contributed by atoms with Crippen molar-refractivity contribution in [2.24, 2.45) is 5.41 Å². The van der Waals surface area contributed by atoms with Gasteiger partial charge >= 0.3 is 0 Å². The molecule has 0 fully saturated rings. The molecule has 0 rings (SSSR count). The third-order valence-corrected chi connectivity index (χ3v) is 2.10. The molecule has 0 heterocycles. The van der Waals surface area contributed by atoms with E-state index < -0.39 is 0 Å². The van der Waals surface area contributed by atoms with Gasteiger partial charge in [-0.3, -0.25) is 4.79 Å². The second kappa shape index (κ2) is 3.42. The lowest BCUT2D eigenvalue weighted by Crippen LogP contribution is -2.27. The SMILES string of the molecule is C[S+](C)CC(=O)C(C)(C)C. The van der Waals surface area contributed by atoms with Gasteiger partial charge in [-0.15, -0.1) is 0 Å². The summed E-state index contributed by atoms with van der Waals surface area (Å²) in [6, 6.07) is 0. The lowest BCUT2D eigenvalue weighted by atomic mass is 9.92. The summed E-state index contributed by atoms with van der Waals surface area (Å²) in [6.45, 7) is 5.92. The first-order chi connectivity index (χ1) is 4.34. The van der Waals surface area contributed by atoms with Crippen molar-refractivity contribution in [3.05, 3.63) is 0 Å². The first kappa shape index (κ1) is 10.0. The van der Waals surface area contributed by atoms with Gasteiger partial charge in [0.2, 0.25) is 0 Å². The Morgan fingerprint density at radius 2 is 1.70 bits per heavy atom. The first-order valence-corrected chi connectivity index (χ1v) is 5.62. The van der Waals surface area contributed by atoms with Crippen molar-refractivity contribution in [1.29, 1.82) is 0 Å². The smallest absolute Gasteiger partial charge is 0.187 e. The molecule has 2 heteroatoms. The standard InChI is InChI=1S/C8H17OS/c1-8(2,3)7(9)6-10(4)5/h6H2,1-5H3/q+1. The van der Waals surface area contributed by atoms with E-state index in [1.54, 1.807) is 0 Å². The Balaban J connectivity index is 3.87. The van der Waals surface area contributed by atoms with E-state index in [0.717, 1.165) is 5.75 Å². The maximum atomic E-state index is 11.3. The third-order valence-electron chi connectivity index (χ3n) is 1.26. The van der Waals surface area contributed by atoms with Crippen molar-refractivity contribution in [2.75, 3.05) is 18.3 Å². The minimum absolute atomic E-state index is 0.142. The summed E-state index contributed by atoms with van der Waals surface area (Å²) in [7, 11) is 0.258. The minimum Gasteiger partial charge on any atom is -0.294 e. The Bertz CT molecular complexity index is 122. The van der Waals surface area contributed by atoms with Crippen LogP contribution in [-0.4, -0.2) is 24.0 Å². The summed E-state index contributed by atoms with van der Waals surface area (Å²) in [4.78, 5) is 11.3. The molecule has 0 aromatic carbocycles. The lowest BCUT2D eigenvalue weighted by molar-refractivity contribution is -0.123. The fourth-order valence-electron chi connectivity index (χ4n) is 0.479. The van der Waals surface area contributed by atoms with Crippen LogP contribution in [0.5, 0.6) is 0 Å². The molecule has 0 aromatic heterocycles. The molecular weight excluding hydrogens is 144 g/mol. The fourth-order valence-corrected chi connectivity index (χ4v) is 1.44. The average molecular weight is 161 g/mol. The Kier molecular flexibility index (Phi) is 3.43. The first-order valence-electron chi connectivity index (χ1n) is 3.41. The number of hydrogen-bond donors (Lipinski definition) is 0. The number of rotatable bonds is 2. The summed E-state index contributed by atoms with van der Waals surface area (Å²) in [6.07, 6.45) is 4.20. The van der Waals surface area contributed by atoms with E-state index in [-0.39, 0.29) is 16.3 Å². The van der Waals surface area contributed by atoms with Gasteiger partial charge in [0.15, 0.2) is 11.5 Å². The minimum atomic E-state index is -0.142. The van der Waals surface area contributed by atoms with Gasteiger partial charge in [-0.1, -0.05) is 20.8 Å². The Morgan fingerprint density at radius 3 is 1.80 bits per heavy atom. The molecule has 0 aromatic rings. The van der Waals surface area contributed by atoms with Gasteiger partial charge in [0.25, 0.3) is 0 Å². The molecule has 0 aliphatic heterocycles. The molecule has 0 amide bonds. The van der Waals surface area contributed by atoms with Crippen LogP contribution in [-0.2, 0) is 15.7 Å². The molecule has 0 bridgehead atoms. The summed E-state index contributed by atoms with van der Waals surface area (Å²) in [5, 5.41) is 0. The number of Topliss-reactive ketones (excluding diaryl/α,β-unsaturated/α-hetero) is 1. The highest BCUT2D eigenvalue weighted by molar-refractivity contribution is 7.96. The normalized spacial score (nSPS) is 12.2. The molecule has 0 unspecified atom stereocenters. The van der Waals surface area contributed by atoms with Crippen LogP contribution in [0.1, 0.15) is 20.8 Å². The van der Waals surface area contributed by atoms with Crippen LogP contribution in [0.25, 0.3) is 0 Å². The van der Waals surface area contributed by atoms with Crippen LogP contribution in [0.15, 0.2) is 0 Å². The van der Waals surface area contributed by atoms with Crippen LogP contribution >= 0.6 is 0 Å².